The van der Waals surface area contributed by atoms with Gasteiger partial charge in [0.25, 0.3) is 0 Å². The van der Waals surface area contributed by atoms with Crippen LogP contribution in [0.5, 0.6) is 0 Å². The van der Waals surface area contributed by atoms with E-state index in [1.807, 2.05) is 0 Å². The van der Waals surface area contributed by atoms with Crippen molar-refractivity contribution in [2.45, 2.75) is 373 Å². The van der Waals surface area contributed by atoms with E-state index in [4.69, 9.17) is 11.6 Å². The molecule has 0 aliphatic heterocycles. The van der Waals surface area contributed by atoms with E-state index in [0.717, 1.165) is 25.9 Å². The summed E-state index contributed by atoms with van der Waals surface area (Å²) in [6, 6.07) is 0. The van der Waals surface area contributed by atoms with E-state index in [9.17, 15) is 4.79 Å². The number of carbonyl (C=O) groups is 1. The first-order valence-corrected chi connectivity index (χ1v) is 31.6. The van der Waals surface area contributed by atoms with Crippen molar-refractivity contribution in [3.8, 4) is 0 Å². The zero-order valence-corrected chi connectivity index (χ0v) is 46.2. The molecule has 0 bridgehead atoms. The number of alkyl halides is 1. The summed E-state index contributed by atoms with van der Waals surface area (Å²) in [4.78, 5) is 14.5. The van der Waals surface area contributed by atoms with E-state index >= 15 is 0 Å². The van der Waals surface area contributed by atoms with Crippen LogP contribution in [0.25, 0.3) is 0 Å². The van der Waals surface area contributed by atoms with Crippen LogP contribution in [0.2, 0.25) is 0 Å². The molecule has 390 valence electrons. The third-order valence-corrected chi connectivity index (χ3v) is 15.3. The summed E-state index contributed by atoms with van der Waals surface area (Å²) in [5.41, 5.74) is 0. The third-order valence-electron chi connectivity index (χ3n) is 15.0. The summed E-state index contributed by atoms with van der Waals surface area (Å²) < 4.78 is 0. The molecule has 0 spiro atoms. The van der Waals surface area contributed by atoms with Crippen molar-refractivity contribution >= 4 is 17.5 Å². The molecule has 3 heteroatoms. The quantitative estimate of drug-likeness (QED) is 0.0440. The Bertz CT molecular complexity index is 786. The molecule has 0 unspecified atom stereocenters. The van der Waals surface area contributed by atoms with Crippen molar-refractivity contribution in [3.05, 3.63) is 0 Å². The average molecular weight is 935 g/mol. The predicted molar refractivity (Wildman–Crippen MR) is 297 cm³/mol. The van der Waals surface area contributed by atoms with Crippen LogP contribution in [0.1, 0.15) is 373 Å². The Hall–Kier alpha value is -0.240. The van der Waals surface area contributed by atoms with E-state index in [-0.39, 0.29) is 11.8 Å². The lowest BCUT2D eigenvalue weighted by atomic mass is 10.0. The molecule has 0 heterocycles. The molecule has 0 aromatic heterocycles. The lowest BCUT2D eigenvalue weighted by Gasteiger charge is -2.22. The van der Waals surface area contributed by atoms with Crippen LogP contribution in [0.4, 0.5) is 0 Å². The molecule has 0 radical (unpaired) electrons. The highest BCUT2D eigenvalue weighted by atomic mass is 35.5. The molecular formula is C62H124ClNO. The van der Waals surface area contributed by atoms with Crippen LogP contribution in [-0.2, 0) is 4.79 Å². The predicted octanol–water partition coefficient (Wildman–Crippen LogP) is 22.9. The summed E-state index contributed by atoms with van der Waals surface area (Å²) in [6.45, 7) is 6.43. The maximum Gasteiger partial charge on any atom is 0.237 e. The largest absolute Gasteiger partial charge is 0.342 e. The van der Waals surface area contributed by atoms with E-state index in [1.54, 1.807) is 0 Å². The lowest BCUT2D eigenvalue weighted by molar-refractivity contribution is -0.128. The van der Waals surface area contributed by atoms with Crippen LogP contribution in [0.3, 0.4) is 0 Å². The highest BCUT2D eigenvalue weighted by Crippen LogP contribution is 2.19. The van der Waals surface area contributed by atoms with E-state index in [0.29, 0.717) is 0 Å². The molecule has 0 atom stereocenters. The van der Waals surface area contributed by atoms with Gasteiger partial charge in [-0.05, 0) is 12.8 Å². The Balaban J connectivity index is 3.36. The van der Waals surface area contributed by atoms with Gasteiger partial charge in [-0.1, -0.05) is 361 Å². The second-order valence-electron chi connectivity index (χ2n) is 21.6. The normalized spacial score (nSPS) is 11.6. The van der Waals surface area contributed by atoms with Crippen molar-refractivity contribution in [1.82, 2.24) is 4.90 Å². The van der Waals surface area contributed by atoms with E-state index in [1.165, 1.54) is 347 Å². The minimum Gasteiger partial charge on any atom is -0.342 e. The zero-order chi connectivity index (χ0) is 46.9. The van der Waals surface area contributed by atoms with Gasteiger partial charge in [-0.25, -0.2) is 0 Å². The molecule has 0 aliphatic carbocycles. The number of rotatable bonds is 59. The van der Waals surface area contributed by atoms with Gasteiger partial charge in [-0.2, -0.15) is 0 Å². The molecule has 0 N–H and O–H groups in total. The second kappa shape index (κ2) is 59.9. The first-order valence-electron chi connectivity index (χ1n) is 31.1. The maximum atomic E-state index is 12.5. The van der Waals surface area contributed by atoms with Gasteiger partial charge in [0.1, 0.15) is 5.88 Å². The molecule has 0 fully saturated rings. The summed E-state index contributed by atoms with van der Waals surface area (Å²) in [5.74, 6) is 0.278. The van der Waals surface area contributed by atoms with Crippen molar-refractivity contribution < 1.29 is 4.79 Å². The van der Waals surface area contributed by atoms with Crippen molar-refractivity contribution in [1.29, 1.82) is 0 Å². The molecule has 0 saturated heterocycles. The summed E-state index contributed by atoms with van der Waals surface area (Å²) in [7, 11) is 0. The molecule has 0 aromatic rings. The molecule has 0 rings (SSSR count). The van der Waals surface area contributed by atoms with Gasteiger partial charge in [-0.3, -0.25) is 4.79 Å². The minimum absolute atomic E-state index is 0.138. The fourth-order valence-electron chi connectivity index (χ4n) is 10.4. The topological polar surface area (TPSA) is 20.3 Å². The highest BCUT2D eigenvalue weighted by molar-refractivity contribution is 6.27. The zero-order valence-electron chi connectivity index (χ0n) is 45.5. The summed E-state index contributed by atoms with van der Waals surface area (Å²) in [6.07, 6.45) is 80.0. The highest BCUT2D eigenvalue weighted by Gasteiger charge is 2.11. The van der Waals surface area contributed by atoms with Gasteiger partial charge in [0.15, 0.2) is 0 Å². The fourth-order valence-corrected chi connectivity index (χ4v) is 10.6. The second-order valence-corrected chi connectivity index (χ2v) is 21.9. The molecule has 1 amide bonds. The Labute approximate surface area is 417 Å². The van der Waals surface area contributed by atoms with Gasteiger partial charge in [-0.15, -0.1) is 11.6 Å². The fraction of sp³-hybridized carbons (Fsp3) is 0.984. The molecule has 0 aliphatic rings. The SMILES string of the molecule is CCCCCCCCCCCCCCCCCCCCCCCCCCCCCCN(CCCCCCCCCCCCCCCCCCCCCCCCCCCCCC)C(=O)CCl. The van der Waals surface area contributed by atoms with Crippen molar-refractivity contribution in [2.75, 3.05) is 19.0 Å². The molecule has 2 nitrogen and oxygen atoms in total. The van der Waals surface area contributed by atoms with Gasteiger partial charge >= 0.3 is 0 Å². The third kappa shape index (κ3) is 56.2. The van der Waals surface area contributed by atoms with Crippen LogP contribution < -0.4 is 0 Å². The van der Waals surface area contributed by atoms with Crippen LogP contribution in [-0.4, -0.2) is 29.8 Å². The molecular weight excluding hydrogens is 810 g/mol. The van der Waals surface area contributed by atoms with E-state index < -0.39 is 0 Å². The summed E-state index contributed by atoms with van der Waals surface area (Å²) in [5, 5.41) is 0. The number of carbonyl (C=O) groups excluding carboxylic acids is 1. The van der Waals surface area contributed by atoms with Crippen LogP contribution in [0, 0.1) is 0 Å². The van der Waals surface area contributed by atoms with Crippen LogP contribution in [0.15, 0.2) is 0 Å². The van der Waals surface area contributed by atoms with Crippen molar-refractivity contribution in [3.63, 3.8) is 0 Å². The number of halogens is 1. The monoisotopic (exact) mass is 934 g/mol. The molecule has 65 heavy (non-hydrogen) atoms. The smallest absolute Gasteiger partial charge is 0.237 e. The summed E-state index contributed by atoms with van der Waals surface area (Å²) >= 11 is 5.99. The molecule has 0 aromatic carbocycles. The Morgan fingerprint density at radius 3 is 0.477 bits per heavy atom. The van der Waals surface area contributed by atoms with Gasteiger partial charge in [0.2, 0.25) is 5.91 Å². The standard InChI is InChI=1S/C62H124ClNO/c1-3-5-7-9-11-13-15-17-19-21-23-25-27-29-31-33-35-37-39-41-43-45-47-49-51-53-55-57-59-64(62(65)61-63)60-58-56-54-52-50-48-46-44-42-40-38-36-34-32-30-28-26-24-22-20-18-16-14-12-10-8-6-4-2/h3-61H2,1-2H3. The van der Waals surface area contributed by atoms with Crippen molar-refractivity contribution in [2.24, 2.45) is 0 Å². The van der Waals surface area contributed by atoms with Gasteiger partial charge in [0.05, 0.1) is 0 Å². The van der Waals surface area contributed by atoms with Gasteiger partial charge in [0, 0.05) is 13.1 Å². The van der Waals surface area contributed by atoms with Gasteiger partial charge < -0.3 is 4.90 Å². The van der Waals surface area contributed by atoms with E-state index in [2.05, 4.69) is 18.7 Å². The number of nitrogens with zero attached hydrogens (tertiary/aromatic N) is 1. The minimum atomic E-state index is 0.138. The Morgan fingerprint density at radius 1 is 0.231 bits per heavy atom. The average Bonchev–Trinajstić information content (AvgIpc) is 3.32. The maximum absolute atomic E-state index is 12.5. The number of hydrogen-bond donors (Lipinski definition) is 0. The number of amides is 1. The Kier molecular flexibility index (Phi) is 59.7. The number of unbranched alkanes of at least 4 members (excludes halogenated alkanes) is 54. The first kappa shape index (κ1) is 64.8. The number of hydrogen-bond acceptors (Lipinski definition) is 1. The Morgan fingerprint density at radius 2 is 0.354 bits per heavy atom. The van der Waals surface area contributed by atoms with Crippen LogP contribution >= 0.6 is 11.6 Å². The lowest BCUT2D eigenvalue weighted by Crippen LogP contribution is -2.33. The first-order chi connectivity index (χ1) is 32.3. The molecule has 0 saturated carbocycles.